The Morgan fingerprint density at radius 1 is 1.06 bits per heavy atom. The number of thiocarbonyl (C=S) groups is 1. The van der Waals surface area contributed by atoms with Crippen LogP contribution in [0.15, 0.2) is 23.0 Å². The molecule has 0 amide bonds. The highest BCUT2D eigenvalue weighted by Crippen LogP contribution is 2.33. The Kier molecular flexibility index (Phi) is 9.17. The Labute approximate surface area is 196 Å². The molecule has 1 aromatic carbocycles. The fourth-order valence-corrected chi connectivity index (χ4v) is 4.13. The molecule has 1 aliphatic rings. The molecule has 8 heteroatoms. The third-order valence-corrected chi connectivity index (χ3v) is 6.24. The van der Waals surface area contributed by atoms with E-state index >= 15 is 0 Å². The Balaban J connectivity index is 1.78. The van der Waals surface area contributed by atoms with Crippen LogP contribution in [-0.2, 0) is 6.54 Å². The Bertz CT molecular complexity index is 958. The van der Waals surface area contributed by atoms with Crippen LogP contribution in [0.25, 0.3) is 10.9 Å². The largest absolute Gasteiger partial charge is 0.486 e. The highest BCUT2D eigenvalue weighted by molar-refractivity contribution is 7.80. The van der Waals surface area contributed by atoms with E-state index in [1.165, 1.54) is 0 Å². The van der Waals surface area contributed by atoms with Gasteiger partial charge in [0.25, 0.3) is 5.56 Å². The maximum Gasteiger partial charge on any atom is 0.253 e. The lowest BCUT2D eigenvalue weighted by Crippen LogP contribution is -2.42. The first-order valence-corrected chi connectivity index (χ1v) is 12.2. The second kappa shape index (κ2) is 12.1. The quantitative estimate of drug-likeness (QED) is 0.393. The molecule has 2 heterocycles. The minimum Gasteiger partial charge on any atom is -0.486 e. The van der Waals surface area contributed by atoms with Crippen molar-refractivity contribution in [3.05, 3.63) is 34.1 Å². The van der Waals surface area contributed by atoms with Gasteiger partial charge in [-0.05, 0) is 56.8 Å². The number of unbranched alkanes of at least 4 members (excludes halogenated alkanes) is 1. The van der Waals surface area contributed by atoms with Crippen LogP contribution in [0.4, 0.5) is 0 Å². The summed E-state index contributed by atoms with van der Waals surface area (Å²) in [5.74, 6) is 1.39. The molecule has 176 valence electrons. The predicted molar refractivity (Wildman–Crippen MR) is 134 cm³/mol. The number of hydrogen-bond donors (Lipinski definition) is 2. The van der Waals surface area contributed by atoms with Crippen LogP contribution in [0, 0.1) is 0 Å². The van der Waals surface area contributed by atoms with E-state index in [1.807, 2.05) is 18.2 Å². The molecule has 0 atom stereocenters. The molecule has 0 unspecified atom stereocenters. The van der Waals surface area contributed by atoms with Gasteiger partial charge in [0.1, 0.15) is 13.2 Å². The van der Waals surface area contributed by atoms with Crippen LogP contribution in [0.5, 0.6) is 11.5 Å². The highest BCUT2D eigenvalue weighted by atomic mass is 32.1. The fraction of sp³-hybridized carbons (Fsp3) is 0.583. The Morgan fingerprint density at radius 3 is 2.47 bits per heavy atom. The number of aromatic nitrogens is 1. The molecule has 0 spiro atoms. The van der Waals surface area contributed by atoms with Crippen LogP contribution < -0.4 is 20.3 Å². The Morgan fingerprint density at radius 2 is 1.78 bits per heavy atom. The molecular weight excluding hydrogens is 424 g/mol. The molecular formula is C24H36N4O3S. The van der Waals surface area contributed by atoms with Crippen molar-refractivity contribution in [3.63, 3.8) is 0 Å². The number of hydrogen-bond acceptors (Lipinski definition) is 5. The van der Waals surface area contributed by atoms with Gasteiger partial charge >= 0.3 is 0 Å². The van der Waals surface area contributed by atoms with Crippen molar-refractivity contribution in [2.24, 2.45) is 0 Å². The molecule has 0 aliphatic carbocycles. The van der Waals surface area contributed by atoms with Gasteiger partial charge in [-0.25, -0.2) is 0 Å². The third kappa shape index (κ3) is 6.36. The molecule has 7 nitrogen and oxygen atoms in total. The molecule has 0 radical (unpaired) electrons. The first kappa shape index (κ1) is 24.3. The number of benzene rings is 1. The van der Waals surface area contributed by atoms with E-state index in [0.29, 0.717) is 36.2 Å². The second-order valence-electron chi connectivity index (χ2n) is 8.09. The van der Waals surface area contributed by atoms with Crippen molar-refractivity contribution in [2.45, 2.75) is 46.6 Å². The van der Waals surface area contributed by atoms with Crippen molar-refractivity contribution in [1.29, 1.82) is 0 Å². The summed E-state index contributed by atoms with van der Waals surface area (Å²) in [5.41, 5.74) is 1.34. The smallest absolute Gasteiger partial charge is 0.253 e. The van der Waals surface area contributed by atoms with E-state index in [1.54, 1.807) is 0 Å². The zero-order chi connectivity index (χ0) is 22.9. The molecule has 32 heavy (non-hydrogen) atoms. The Hall–Kier alpha value is -2.32. The van der Waals surface area contributed by atoms with Gasteiger partial charge in [-0.3, -0.25) is 4.79 Å². The SMILES string of the molecule is CCCCNC(=S)N(CCCN(CC)CC)Cc1cc2cc3c(cc2[nH]c1=O)OCCO3. The van der Waals surface area contributed by atoms with Gasteiger partial charge in [0, 0.05) is 30.1 Å². The standard InChI is InChI=1S/C24H36N4O3S/c1-4-7-9-25-24(32)28(11-8-10-27(5-2)6-3)17-19-14-18-15-21-22(31-13-12-30-21)16-20(18)26-23(19)29/h14-16H,4-13,17H2,1-3H3,(H,25,32)(H,26,29). The summed E-state index contributed by atoms with van der Waals surface area (Å²) in [6.45, 7) is 12.8. The molecule has 3 rings (SSSR count). The minimum absolute atomic E-state index is 0.0979. The number of nitrogens with zero attached hydrogens (tertiary/aromatic N) is 2. The first-order chi connectivity index (χ1) is 15.5. The van der Waals surface area contributed by atoms with Gasteiger partial charge in [0.15, 0.2) is 16.6 Å². The molecule has 1 aromatic heterocycles. The summed E-state index contributed by atoms with van der Waals surface area (Å²) < 4.78 is 11.4. The van der Waals surface area contributed by atoms with Gasteiger partial charge in [0.2, 0.25) is 0 Å². The lowest BCUT2D eigenvalue weighted by Gasteiger charge is -2.27. The van der Waals surface area contributed by atoms with Gasteiger partial charge < -0.3 is 29.6 Å². The number of pyridine rings is 1. The monoisotopic (exact) mass is 460 g/mol. The van der Waals surface area contributed by atoms with Crippen molar-refractivity contribution >= 4 is 28.2 Å². The molecule has 0 saturated carbocycles. The summed E-state index contributed by atoms with van der Waals surface area (Å²) in [6.07, 6.45) is 3.16. The summed E-state index contributed by atoms with van der Waals surface area (Å²) >= 11 is 5.70. The van der Waals surface area contributed by atoms with Crippen molar-refractivity contribution in [1.82, 2.24) is 20.1 Å². The predicted octanol–water partition coefficient (Wildman–Crippen LogP) is 3.51. The topological polar surface area (TPSA) is 69.8 Å². The molecule has 2 aromatic rings. The van der Waals surface area contributed by atoms with E-state index in [0.717, 1.165) is 68.6 Å². The minimum atomic E-state index is -0.0979. The van der Waals surface area contributed by atoms with E-state index in [4.69, 9.17) is 21.7 Å². The van der Waals surface area contributed by atoms with E-state index < -0.39 is 0 Å². The number of fused-ring (bicyclic) bond motifs is 2. The van der Waals surface area contributed by atoms with Crippen LogP contribution in [-0.4, -0.2) is 65.8 Å². The van der Waals surface area contributed by atoms with Crippen molar-refractivity contribution in [2.75, 3.05) is 45.9 Å². The van der Waals surface area contributed by atoms with Gasteiger partial charge in [0.05, 0.1) is 12.1 Å². The van der Waals surface area contributed by atoms with Gasteiger partial charge in [-0.2, -0.15) is 0 Å². The molecule has 0 bridgehead atoms. The third-order valence-electron chi connectivity index (χ3n) is 5.84. The molecule has 0 saturated heterocycles. The van der Waals surface area contributed by atoms with Crippen molar-refractivity contribution in [3.8, 4) is 11.5 Å². The summed E-state index contributed by atoms with van der Waals surface area (Å²) in [5, 5.41) is 5.00. The van der Waals surface area contributed by atoms with E-state index in [9.17, 15) is 4.79 Å². The maximum atomic E-state index is 12.9. The van der Waals surface area contributed by atoms with Crippen LogP contribution in [0.1, 0.15) is 45.6 Å². The number of aromatic amines is 1. The van der Waals surface area contributed by atoms with Crippen molar-refractivity contribution < 1.29 is 9.47 Å². The highest BCUT2D eigenvalue weighted by Gasteiger charge is 2.17. The molecule has 1 aliphatic heterocycles. The van der Waals surface area contributed by atoms with E-state index in [2.05, 4.69) is 40.9 Å². The number of H-pyrrole nitrogens is 1. The van der Waals surface area contributed by atoms with Crippen LogP contribution in [0.2, 0.25) is 0 Å². The second-order valence-corrected chi connectivity index (χ2v) is 8.48. The number of nitrogens with one attached hydrogen (secondary N) is 2. The average Bonchev–Trinajstić information content (AvgIpc) is 2.80. The lowest BCUT2D eigenvalue weighted by atomic mass is 10.1. The number of ether oxygens (including phenoxy) is 2. The average molecular weight is 461 g/mol. The van der Waals surface area contributed by atoms with E-state index in [-0.39, 0.29) is 5.56 Å². The van der Waals surface area contributed by atoms with Crippen LogP contribution >= 0.6 is 12.2 Å². The zero-order valence-corrected chi connectivity index (χ0v) is 20.4. The summed E-state index contributed by atoms with van der Waals surface area (Å²) in [4.78, 5) is 20.4. The molecule has 2 N–H and O–H groups in total. The zero-order valence-electron chi connectivity index (χ0n) is 19.5. The fourth-order valence-electron chi connectivity index (χ4n) is 3.87. The van der Waals surface area contributed by atoms with Gasteiger partial charge in [-0.1, -0.05) is 27.2 Å². The lowest BCUT2D eigenvalue weighted by molar-refractivity contribution is 0.172. The normalized spacial score (nSPS) is 12.9. The molecule has 0 fully saturated rings. The summed E-state index contributed by atoms with van der Waals surface area (Å²) in [7, 11) is 0. The maximum absolute atomic E-state index is 12.9. The summed E-state index contributed by atoms with van der Waals surface area (Å²) in [6, 6.07) is 5.72. The van der Waals surface area contributed by atoms with Crippen LogP contribution in [0.3, 0.4) is 0 Å². The van der Waals surface area contributed by atoms with Gasteiger partial charge in [-0.15, -0.1) is 0 Å². The first-order valence-electron chi connectivity index (χ1n) is 11.8. The number of rotatable bonds is 11.